The van der Waals surface area contributed by atoms with Crippen LogP contribution in [0.15, 0.2) is 18.2 Å². The minimum atomic E-state index is -0.614. The molecule has 18 heavy (non-hydrogen) atoms. The molecule has 1 aromatic carbocycles. The predicted molar refractivity (Wildman–Crippen MR) is 66.4 cm³/mol. The monoisotopic (exact) mass is 276 g/mol. The number of nitrogens with zero attached hydrogens (tertiary/aromatic N) is 1. The van der Waals surface area contributed by atoms with Gasteiger partial charge in [-0.15, -0.1) is 12.4 Å². The quantitative estimate of drug-likeness (QED) is 0.909. The second-order valence-corrected chi connectivity index (χ2v) is 4.29. The van der Waals surface area contributed by atoms with Crippen LogP contribution in [0.4, 0.5) is 8.78 Å². The fraction of sp³-hybridized carbons (Fsp3) is 0.417. The predicted octanol–water partition coefficient (Wildman–Crippen LogP) is 1.56. The Morgan fingerprint density at radius 2 is 2.11 bits per heavy atom. The Morgan fingerprint density at radius 1 is 1.44 bits per heavy atom. The molecule has 0 unspecified atom stereocenters. The van der Waals surface area contributed by atoms with Gasteiger partial charge in [-0.25, -0.2) is 8.78 Å². The highest BCUT2D eigenvalue weighted by molar-refractivity contribution is 5.85. The van der Waals surface area contributed by atoms with Crippen molar-refractivity contribution in [2.75, 3.05) is 20.1 Å². The molecular formula is C12H15ClF2N2O. The van der Waals surface area contributed by atoms with Crippen LogP contribution in [0, 0.1) is 17.6 Å². The van der Waals surface area contributed by atoms with Crippen molar-refractivity contribution in [3.63, 3.8) is 0 Å². The van der Waals surface area contributed by atoms with E-state index in [4.69, 9.17) is 0 Å². The van der Waals surface area contributed by atoms with Crippen molar-refractivity contribution >= 4 is 18.3 Å². The summed E-state index contributed by atoms with van der Waals surface area (Å²) in [6.45, 7) is 1.52. The van der Waals surface area contributed by atoms with Crippen molar-refractivity contribution in [2.45, 2.75) is 6.54 Å². The van der Waals surface area contributed by atoms with E-state index in [1.807, 2.05) is 0 Å². The van der Waals surface area contributed by atoms with Crippen molar-refractivity contribution < 1.29 is 13.6 Å². The van der Waals surface area contributed by atoms with Gasteiger partial charge < -0.3 is 10.2 Å². The number of benzene rings is 1. The summed E-state index contributed by atoms with van der Waals surface area (Å²) in [4.78, 5) is 13.3. The van der Waals surface area contributed by atoms with E-state index in [0.29, 0.717) is 18.7 Å². The Morgan fingerprint density at radius 3 is 2.61 bits per heavy atom. The van der Waals surface area contributed by atoms with Gasteiger partial charge in [-0.2, -0.15) is 0 Å². The van der Waals surface area contributed by atoms with Gasteiger partial charge in [0.15, 0.2) is 0 Å². The molecule has 1 aliphatic heterocycles. The molecule has 1 aliphatic rings. The first-order valence-electron chi connectivity index (χ1n) is 5.47. The maximum atomic E-state index is 13.4. The lowest BCUT2D eigenvalue weighted by molar-refractivity contribution is -0.136. The van der Waals surface area contributed by atoms with E-state index in [0.717, 1.165) is 6.07 Å². The minimum Gasteiger partial charge on any atom is -0.341 e. The molecule has 1 aromatic rings. The third-order valence-corrected chi connectivity index (χ3v) is 2.93. The molecule has 100 valence electrons. The second kappa shape index (κ2) is 6.11. The average Bonchev–Trinajstić information content (AvgIpc) is 2.19. The first-order chi connectivity index (χ1) is 8.08. The van der Waals surface area contributed by atoms with Gasteiger partial charge in [0.25, 0.3) is 0 Å². The summed E-state index contributed by atoms with van der Waals surface area (Å²) in [7, 11) is 1.63. The molecule has 2 rings (SSSR count). The summed E-state index contributed by atoms with van der Waals surface area (Å²) in [6, 6.07) is 3.40. The average molecular weight is 277 g/mol. The number of rotatable bonds is 3. The summed E-state index contributed by atoms with van der Waals surface area (Å²) in [6.07, 6.45) is 0. The molecule has 0 aromatic heterocycles. The first-order valence-corrected chi connectivity index (χ1v) is 5.47. The maximum absolute atomic E-state index is 13.4. The Balaban J connectivity index is 0.00000162. The minimum absolute atomic E-state index is 0. The number of halogens is 3. The van der Waals surface area contributed by atoms with Gasteiger partial charge in [0.1, 0.15) is 11.6 Å². The number of carbonyl (C=O) groups excluding carboxylic acids is 1. The van der Waals surface area contributed by atoms with Crippen molar-refractivity contribution in [3.8, 4) is 0 Å². The summed E-state index contributed by atoms with van der Waals surface area (Å²) in [5.41, 5.74) is 0.328. The highest BCUT2D eigenvalue weighted by Crippen LogP contribution is 2.14. The van der Waals surface area contributed by atoms with E-state index in [-0.39, 0.29) is 30.8 Å². The van der Waals surface area contributed by atoms with Gasteiger partial charge in [0.2, 0.25) is 5.91 Å². The highest BCUT2D eigenvalue weighted by atomic mass is 35.5. The molecule has 0 saturated carbocycles. The molecule has 3 nitrogen and oxygen atoms in total. The van der Waals surface area contributed by atoms with Crippen LogP contribution in [-0.2, 0) is 11.3 Å². The van der Waals surface area contributed by atoms with Gasteiger partial charge in [0, 0.05) is 38.3 Å². The van der Waals surface area contributed by atoms with Gasteiger partial charge >= 0.3 is 0 Å². The van der Waals surface area contributed by atoms with Crippen molar-refractivity contribution in [3.05, 3.63) is 35.4 Å². The molecule has 0 bridgehead atoms. The number of hydrogen-bond donors (Lipinski definition) is 1. The lowest BCUT2D eigenvalue weighted by Gasteiger charge is -2.30. The fourth-order valence-corrected chi connectivity index (χ4v) is 1.76. The van der Waals surface area contributed by atoms with Gasteiger partial charge in [-0.1, -0.05) is 6.07 Å². The molecule has 1 fully saturated rings. The Kier molecular flexibility index (Phi) is 5.04. The van der Waals surface area contributed by atoms with Gasteiger partial charge in [-0.05, 0) is 6.07 Å². The lowest BCUT2D eigenvalue weighted by Crippen LogP contribution is -2.51. The Bertz CT molecular complexity index is 438. The van der Waals surface area contributed by atoms with Crippen LogP contribution in [0.25, 0.3) is 0 Å². The third-order valence-electron chi connectivity index (χ3n) is 2.93. The fourth-order valence-electron chi connectivity index (χ4n) is 1.76. The number of amides is 1. The number of nitrogens with one attached hydrogen (secondary N) is 1. The molecule has 0 spiro atoms. The maximum Gasteiger partial charge on any atom is 0.228 e. The smallest absolute Gasteiger partial charge is 0.228 e. The van der Waals surface area contributed by atoms with E-state index in [1.165, 1.54) is 17.0 Å². The molecule has 6 heteroatoms. The molecule has 0 aliphatic carbocycles. The van der Waals surface area contributed by atoms with Crippen molar-refractivity contribution in [1.29, 1.82) is 0 Å². The van der Waals surface area contributed by atoms with Crippen molar-refractivity contribution in [2.24, 2.45) is 5.92 Å². The largest absolute Gasteiger partial charge is 0.341 e. The van der Waals surface area contributed by atoms with Crippen molar-refractivity contribution in [1.82, 2.24) is 10.2 Å². The summed E-state index contributed by atoms with van der Waals surface area (Å²) < 4.78 is 26.1. The molecule has 0 radical (unpaired) electrons. The molecule has 0 atom stereocenters. The van der Waals surface area contributed by atoms with E-state index in [2.05, 4.69) is 5.32 Å². The van der Waals surface area contributed by atoms with E-state index in [1.54, 1.807) is 7.05 Å². The van der Waals surface area contributed by atoms with Crippen LogP contribution in [0.3, 0.4) is 0 Å². The Hall–Kier alpha value is -1.20. The van der Waals surface area contributed by atoms with E-state index >= 15 is 0 Å². The van der Waals surface area contributed by atoms with Gasteiger partial charge in [-0.3, -0.25) is 4.79 Å². The number of hydrogen-bond acceptors (Lipinski definition) is 2. The zero-order valence-electron chi connectivity index (χ0n) is 9.95. The van der Waals surface area contributed by atoms with Crippen LogP contribution in [0.2, 0.25) is 0 Å². The van der Waals surface area contributed by atoms with Gasteiger partial charge in [0.05, 0.1) is 5.92 Å². The number of carbonyl (C=O) groups is 1. The summed E-state index contributed by atoms with van der Waals surface area (Å²) in [5.74, 6) is -1.24. The third kappa shape index (κ3) is 3.17. The van der Waals surface area contributed by atoms with Crippen LogP contribution in [0.5, 0.6) is 0 Å². The summed E-state index contributed by atoms with van der Waals surface area (Å²) in [5, 5.41) is 3.01. The zero-order valence-corrected chi connectivity index (χ0v) is 10.8. The standard InChI is InChI=1S/C12H14F2N2O.ClH/c1-16(12(17)9-5-15-6-9)7-8-2-3-10(13)4-11(8)14;/h2-4,9,15H,5-7H2,1H3;1H. The molecule has 1 saturated heterocycles. The normalized spacial score (nSPS) is 14.6. The molecule has 1 N–H and O–H groups in total. The van der Waals surface area contributed by atoms with Crippen LogP contribution < -0.4 is 5.32 Å². The molecule has 1 amide bonds. The second-order valence-electron chi connectivity index (χ2n) is 4.29. The Labute approximate surface area is 111 Å². The van der Waals surface area contributed by atoms with Crippen LogP contribution in [0.1, 0.15) is 5.56 Å². The van der Waals surface area contributed by atoms with Crippen LogP contribution in [-0.4, -0.2) is 30.9 Å². The lowest BCUT2D eigenvalue weighted by atomic mass is 10.0. The topological polar surface area (TPSA) is 32.3 Å². The van der Waals surface area contributed by atoms with E-state index in [9.17, 15) is 13.6 Å². The van der Waals surface area contributed by atoms with E-state index < -0.39 is 11.6 Å². The highest BCUT2D eigenvalue weighted by Gasteiger charge is 2.27. The zero-order chi connectivity index (χ0) is 12.4. The molecule has 1 heterocycles. The molecular weight excluding hydrogens is 262 g/mol. The summed E-state index contributed by atoms with van der Waals surface area (Å²) >= 11 is 0. The van der Waals surface area contributed by atoms with Crippen LogP contribution >= 0.6 is 12.4 Å². The SMILES string of the molecule is CN(Cc1ccc(F)cc1F)C(=O)C1CNC1.Cl. The first kappa shape index (κ1) is 14.9.